The normalized spacial score (nSPS) is 15.6. The Morgan fingerprint density at radius 2 is 1.87 bits per heavy atom. The summed E-state index contributed by atoms with van der Waals surface area (Å²) >= 11 is 1.10. The van der Waals surface area contributed by atoms with E-state index in [1.807, 2.05) is 0 Å². The van der Waals surface area contributed by atoms with Crippen molar-refractivity contribution in [2.75, 3.05) is 37.7 Å². The zero-order valence-corrected chi connectivity index (χ0v) is 17.2. The quantitative estimate of drug-likeness (QED) is 0.368. The molecule has 1 saturated heterocycles. The summed E-state index contributed by atoms with van der Waals surface area (Å²) in [5.74, 6) is 4.83. The smallest absolute Gasteiger partial charge is 0.337 e. The molecular weight excluding hydrogens is 414 g/mol. The number of carbonyl (C=O) groups is 3. The Bertz CT molecular complexity index is 922. The zero-order chi connectivity index (χ0) is 21.7. The topological polar surface area (TPSA) is 148 Å². The molecule has 0 aliphatic carbocycles. The largest absolute Gasteiger partial charge is 0.465 e. The first kappa shape index (κ1) is 21.6. The lowest BCUT2D eigenvalue weighted by atomic mass is 10.1. The highest BCUT2D eigenvalue weighted by molar-refractivity contribution is 7.99. The number of amides is 1. The van der Waals surface area contributed by atoms with Gasteiger partial charge in [-0.3, -0.25) is 4.79 Å². The van der Waals surface area contributed by atoms with Crippen molar-refractivity contribution in [2.24, 2.45) is 0 Å². The Balaban J connectivity index is 1.67. The lowest BCUT2D eigenvalue weighted by Crippen LogP contribution is -2.19. The van der Waals surface area contributed by atoms with Crippen LogP contribution >= 0.6 is 11.8 Å². The van der Waals surface area contributed by atoms with Gasteiger partial charge in [-0.15, -0.1) is 10.2 Å². The van der Waals surface area contributed by atoms with Gasteiger partial charge in [0.2, 0.25) is 11.1 Å². The minimum Gasteiger partial charge on any atom is -0.465 e. The van der Waals surface area contributed by atoms with E-state index in [4.69, 9.17) is 10.6 Å². The Morgan fingerprint density at radius 1 is 1.20 bits per heavy atom. The molecule has 1 fully saturated rings. The molecule has 11 nitrogen and oxygen atoms in total. The number of hydrogen-bond donors (Lipinski definition) is 2. The van der Waals surface area contributed by atoms with E-state index in [-0.39, 0.29) is 34.6 Å². The van der Waals surface area contributed by atoms with Crippen LogP contribution in [0.25, 0.3) is 0 Å². The second-order valence-corrected chi connectivity index (χ2v) is 7.27. The van der Waals surface area contributed by atoms with Gasteiger partial charge in [0.1, 0.15) is 6.10 Å². The summed E-state index contributed by atoms with van der Waals surface area (Å²) < 4.78 is 16.2. The second kappa shape index (κ2) is 9.59. The van der Waals surface area contributed by atoms with Crippen LogP contribution in [0.15, 0.2) is 23.4 Å². The van der Waals surface area contributed by atoms with Crippen molar-refractivity contribution in [3.63, 3.8) is 0 Å². The molecule has 1 aliphatic heterocycles. The van der Waals surface area contributed by atoms with Crippen molar-refractivity contribution in [2.45, 2.75) is 24.1 Å². The lowest BCUT2D eigenvalue weighted by Gasteiger charge is -2.10. The molecule has 1 atom stereocenters. The maximum atomic E-state index is 12.4. The van der Waals surface area contributed by atoms with E-state index in [1.165, 1.54) is 37.1 Å². The second-order valence-electron chi connectivity index (χ2n) is 6.33. The van der Waals surface area contributed by atoms with Crippen LogP contribution in [0.5, 0.6) is 0 Å². The van der Waals surface area contributed by atoms with Crippen LogP contribution in [0.2, 0.25) is 0 Å². The van der Waals surface area contributed by atoms with Gasteiger partial charge in [-0.05, 0) is 31.0 Å². The SMILES string of the molecule is COC(=O)c1cc(NC(=O)CSc2nnc([C@@H]3CCCO3)n2N)cc(C(=O)OC)c1. The zero-order valence-electron chi connectivity index (χ0n) is 16.4. The molecule has 1 aromatic heterocycles. The number of thioether (sulfide) groups is 1. The number of nitrogens with zero attached hydrogens (tertiary/aromatic N) is 3. The van der Waals surface area contributed by atoms with Gasteiger partial charge in [-0.25, -0.2) is 14.3 Å². The molecule has 2 aromatic rings. The molecule has 12 heteroatoms. The monoisotopic (exact) mass is 435 g/mol. The Hall–Kier alpha value is -3.12. The van der Waals surface area contributed by atoms with Gasteiger partial charge in [-0.2, -0.15) is 0 Å². The molecule has 1 aromatic carbocycles. The van der Waals surface area contributed by atoms with E-state index in [2.05, 4.69) is 25.0 Å². The molecule has 0 unspecified atom stereocenters. The van der Waals surface area contributed by atoms with Crippen LogP contribution in [-0.2, 0) is 19.0 Å². The number of nitrogens with one attached hydrogen (secondary N) is 1. The van der Waals surface area contributed by atoms with Gasteiger partial charge in [0, 0.05) is 12.3 Å². The van der Waals surface area contributed by atoms with E-state index in [9.17, 15) is 14.4 Å². The number of methoxy groups -OCH3 is 2. The van der Waals surface area contributed by atoms with Crippen molar-refractivity contribution >= 4 is 35.3 Å². The van der Waals surface area contributed by atoms with E-state index in [0.29, 0.717) is 17.6 Å². The van der Waals surface area contributed by atoms with Gasteiger partial charge in [0.15, 0.2) is 5.82 Å². The third-order valence-corrected chi connectivity index (χ3v) is 5.24. The molecule has 160 valence electrons. The molecule has 0 bridgehead atoms. The van der Waals surface area contributed by atoms with Crippen molar-refractivity contribution in [3.05, 3.63) is 35.2 Å². The lowest BCUT2D eigenvalue weighted by molar-refractivity contribution is -0.113. The minimum atomic E-state index is -0.650. The Morgan fingerprint density at radius 3 is 2.43 bits per heavy atom. The van der Waals surface area contributed by atoms with Gasteiger partial charge in [0.05, 0.1) is 31.1 Å². The number of benzene rings is 1. The molecule has 2 heterocycles. The molecule has 0 spiro atoms. The minimum absolute atomic E-state index is 0.0170. The number of nitrogen functional groups attached to an aromatic ring is 1. The van der Waals surface area contributed by atoms with Crippen LogP contribution in [-0.4, -0.2) is 59.3 Å². The summed E-state index contributed by atoms with van der Waals surface area (Å²) in [5, 5.41) is 11.1. The molecule has 1 aliphatic rings. The number of hydrogen-bond acceptors (Lipinski definition) is 10. The van der Waals surface area contributed by atoms with Gasteiger partial charge < -0.3 is 25.4 Å². The standard InChI is InChI=1S/C18H21N5O6S/c1-27-16(25)10-6-11(17(26)28-2)8-12(7-10)20-14(24)9-30-18-22-21-15(23(18)19)13-4-3-5-29-13/h6-8,13H,3-5,9,19H2,1-2H3,(H,20,24)/t13-/m0/s1. The van der Waals surface area contributed by atoms with E-state index in [0.717, 1.165) is 24.6 Å². The number of rotatable bonds is 7. The predicted octanol–water partition coefficient (Wildman–Crippen LogP) is 1.15. The number of carbonyl (C=O) groups excluding carboxylic acids is 3. The first-order valence-corrected chi connectivity index (χ1v) is 9.98. The first-order chi connectivity index (χ1) is 14.4. The van der Waals surface area contributed by atoms with Crippen LogP contribution in [0.1, 0.15) is 45.5 Å². The summed E-state index contributed by atoms with van der Waals surface area (Å²) in [6.07, 6.45) is 1.56. The fraction of sp³-hybridized carbons (Fsp3) is 0.389. The van der Waals surface area contributed by atoms with Crippen LogP contribution in [0.4, 0.5) is 5.69 Å². The number of esters is 2. The Labute approximate surface area is 176 Å². The maximum Gasteiger partial charge on any atom is 0.337 e. The summed E-state index contributed by atoms with van der Waals surface area (Å²) in [7, 11) is 2.44. The highest BCUT2D eigenvalue weighted by atomic mass is 32.2. The summed E-state index contributed by atoms with van der Waals surface area (Å²) in [5.41, 5.74) is 0.454. The fourth-order valence-electron chi connectivity index (χ4n) is 2.89. The van der Waals surface area contributed by atoms with Crippen molar-refractivity contribution in [1.29, 1.82) is 0 Å². The highest BCUT2D eigenvalue weighted by Gasteiger charge is 2.25. The van der Waals surface area contributed by atoms with Crippen molar-refractivity contribution < 1.29 is 28.6 Å². The summed E-state index contributed by atoms with van der Waals surface area (Å²) in [6, 6.07) is 4.13. The molecule has 1 amide bonds. The van der Waals surface area contributed by atoms with Gasteiger partial charge >= 0.3 is 11.9 Å². The highest BCUT2D eigenvalue weighted by Crippen LogP contribution is 2.28. The molecule has 0 radical (unpaired) electrons. The third kappa shape index (κ3) is 4.89. The van der Waals surface area contributed by atoms with Crippen LogP contribution < -0.4 is 11.2 Å². The summed E-state index contributed by atoms with van der Waals surface area (Å²) in [4.78, 5) is 36.1. The first-order valence-electron chi connectivity index (χ1n) is 8.99. The average molecular weight is 435 g/mol. The Kier molecular flexibility index (Phi) is 6.90. The third-order valence-electron chi connectivity index (χ3n) is 4.30. The molecule has 3 rings (SSSR count). The van der Waals surface area contributed by atoms with E-state index >= 15 is 0 Å². The maximum absolute atomic E-state index is 12.4. The number of aromatic nitrogens is 3. The molecule has 0 saturated carbocycles. The summed E-state index contributed by atoms with van der Waals surface area (Å²) in [6.45, 7) is 0.653. The number of anilines is 1. The van der Waals surface area contributed by atoms with Crippen LogP contribution in [0.3, 0.4) is 0 Å². The van der Waals surface area contributed by atoms with Crippen molar-refractivity contribution in [3.8, 4) is 0 Å². The van der Waals surface area contributed by atoms with Crippen molar-refractivity contribution in [1.82, 2.24) is 14.9 Å². The number of nitrogens with two attached hydrogens (primary N) is 1. The number of ether oxygens (including phenoxy) is 3. The average Bonchev–Trinajstić information content (AvgIpc) is 3.40. The fourth-order valence-corrected chi connectivity index (χ4v) is 3.55. The van der Waals surface area contributed by atoms with E-state index in [1.54, 1.807) is 0 Å². The molecular formula is C18H21N5O6S. The van der Waals surface area contributed by atoms with Crippen LogP contribution in [0, 0.1) is 0 Å². The molecule has 30 heavy (non-hydrogen) atoms. The van der Waals surface area contributed by atoms with E-state index < -0.39 is 11.9 Å². The molecule has 3 N–H and O–H groups in total. The predicted molar refractivity (Wildman–Crippen MR) is 107 cm³/mol. The van der Waals surface area contributed by atoms with Gasteiger partial charge in [0.25, 0.3) is 0 Å². The van der Waals surface area contributed by atoms with Gasteiger partial charge in [-0.1, -0.05) is 11.8 Å².